The lowest BCUT2D eigenvalue weighted by Gasteiger charge is -2.24. The van der Waals surface area contributed by atoms with Crippen LogP contribution < -0.4 is 15.6 Å². The molecular formula is C40H45FN4O2. The molecule has 1 amide bonds. The number of benzene rings is 3. The number of halogens is 1. The zero-order chi connectivity index (χ0) is 32.6. The van der Waals surface area contributed by atoms with Crippen LogP contribution in [0, 0.1) is 0 Å². The van der Waals surface area contributed by atoms with Gasteiger partial charge in [-0.3, -0.25) is 24.9 Å². The molecule has 1 unspecified atom stereocenters. The average Bonchev–Trinajstić information content (AvgIpc) is 3.47. The number of alkyl halides is 1. The number of ether oxygens (including phenoxy) is 1. The standard InChI is InChI=1S/C40H45FN4O2/c1-3-30-10-8-24-45(27-30)29(2)42-43-40(46)34-17-20-38-33(26-34)13-7-14-37(31-11-5-4-6-12-31)39(38)32-15-18-35(19-16-32)47-36-21-25-44(28-36)23-9-22-41/h4-6,8,11-12,15-20,24,26-27,36,42H,2-3,7,9-10,13-14,21-23,25,28H2,1H3,(H,43,46). The van der Waals surface area contributed by atoms with Crippen molar-refractivity contribution < 1.29 is 13.9 Å². The highest BCUT2D eigenvalue weighted by Gasteiger charge is 2.25. The molecule has 47 heavy (non-hydrogen) atoms. The number of hydrazine groups is 1. The first-order chi connectivity index (χ1) is 23.0. The van der Waals surface area contributed by atoms with E-state index >= 15 is 0 Å². The van der Waals surface area contributed by atoms with Crippen molar-refractivity contribution in [3.05, 3.63) is 137 Å². The second-order valence-corrected chi connectivity index (χ2v) is 12.5. The smallest absolute Gasteiger partial charge is 0.269 e. The third kappa shape index (κ3) is 7.86. The Bertz CT molecular complexity index is 1660. The maximum absolute atomic E-state index is 13.3. The van der Waals surface area contributed by atoms with E-state index in [-0.39, 0.29) is 18.7 Å². The number of nitrogens with one attached hydrogen (secondary N) is 2. The minimum absolute atomic E-state index is 0.121. The summed E-state index contributed by atoms with van der Waals surface area (Å²) in [5.74, 6) is 1.23. The van der Waals surface area contributed by atoms with Crippen LogP contribution in [0.3, 0.4) is 0 Å². The van der Waals surface area contributed by atoms with Crippen molar-refractivity contribution in [2.24, 2.45) is 0 Å². The monoisotopic (exact) mass is 632 g/mol. The van der Waals surface area contributed by atoms with Gasteiger partial charge in [-0.25, -0.2) is 0 Å². The molecule has 6 rings (SSSR count). The maximum Gasteiger partial charge on any atom is 0.269 e. The van der Waals surface area contributed by atoms with E-state index < -0.39 is 0 Å². The molecule has 7 heteroatoms. The number of aryl methyl sites for hydroxylation is 1. The minimum Gasteiger partial charge on any atom is -0.489 e. The topological polar surface area (TPSA) is 56.8 Å². The molecule has 3 aromatic carbocycles. The van der Waals surface area contributed by atoms with Gasteiger partial charge in [-0.05, 0) is 108 Å². The molecular weight excluding hydrogens is 587 g/mol. The maximum atomic E-state index is 13.3. The van der Waals surface area contributed by atoms with Crippen LogP contribution in [0.25, 0.3) is 11.1 Å². The molecule has 1 fully saturated rings. The van der Waals surface area contributed by atoms with Gasteiger partial charge in [0, 0.05) is 37.6 Å². The van der Waals surface area contributed by atoms with Crippen molar-refractivity contribution in [3.63, 3.8) is 0 Å². The number of allylic oxidation sites excluding steroid dienone is 3. The van der Waals surface area contributed by atoms with Gasteiger partial charge in [-0.1, -0.05) is 68.1 Å². The number of fused-ring (bicyclic) bond motifs is 1. The van der Waals surface area contributed by atoms with E-state index in [9.17, 15) is 9.18 Å². The van der Waals surface area contributed by atoms with Gasteiger partial charge in [0.1, 0.15) is 17.7 Å². The first kappa shape index (κ1) is 32.3. The largest absolute Gasteiger partial charge is 0.489 e. The van der Waals surface area contributed by atoms with Crippen molar-refractivity contribution in [1.82, 2.24) is 20.7 Å². The van der Waals surface area contributed by atoms with Crippen LogP contribution in [0.4, 0.5) is 4.39 Å². The van der Waals surface area contributed by atoms with Crippen LogP contribution in [-0.2, 0) is 6.42 Å². The zero-order valence-electron chi connectivity index (χ0n) is 27.3. The van der Waals surface area contributed by atoms with E-state index in [4.69, 9.17) is 4.74 Å². The van der Waals surface area contributed by atoms with Gasteiger partial charge in [-0.15, -0.1) is 0 Å². The van der Waals surface area contributed by atoms with Gasteiger partial charge in [0.05, 0.1) is 6.67 Å². The fourth-order valence-corrected chi connectivity index (χ4v) is 6.74. The van der Waals surface area contributed by atoms with E-state index in [1.165, 1.54) is 22.3 Å². The Labute approximate surface area is 278 Å². The summed E-state index contributed by atoms with van der Waals surface area (Å²) in [5, 5.41) is 0. The Morgan fingerprint density at radius 3 is 2.64 bits per heavy atom. The molecule has 0 bridgehead atoms. The Morgan fingerprint density at radius 2 is 1.85 bits per heavy atom. The molecule has 2 N–H and O–H groups in total. The second kappa shape index (κ2) is 15.3. The van der Waals surface area contributed by atoms with Gasteiger partial charge in [0.25, 0.3) is 5.91 Å². The predicted octanol–water partition coefficient (Wildman–Crippen LogP) is 8.01. The third-order valence-electron chi connectivity index (χ3n) is 9.27. The quantitative estimate of drug-likeness (QED) is 0.198. The molecule has 1 saturated heterocycles. The SMILES string of the molecule is C=C(NNC(=O)c1ccc2c(c1)CCCC(c1ccccc1)=C2c1ccc(OC2CCN(CCCF)C2)cc1)N1C=CCC(CC)=C1. The van der Waals surface area contributed by atoms with Gasteiger partial charge in [-0.2, -0.15) is 0 Å². The molecule has 3 aliphatic rings. The van der Waals surface area contributed by atoms with Crippen molar-refractivity contribution in [3.8, 4) is 5.75 Å². The fourth-order valence-electron chi connectivity index (χ4n) is 6.74. The lowest BCUT2D eigenvalue weighted by Crippen LogP contribution is -2.40. The number of carbonyl (C=O) groups excluding carboxylic acids is 1. The summed E-state index contributed by atoms with van der Waals surface area (Å²) in [5.41, 5.74) is 14.9. The van der Waals surface area contributed by atoms with Crippen molar-refractivity contribution in [2.45, 2.75) is 58.0 Å². The molecule has 3 aromatic rings. The van der Waals surface area contributed by atoms with Crippen LogP contribution in [-0.4, -0.2) is 48.1 Å². The molecule has 0 spiro atoms. The van der Waals surface area contributed by atoms with Crippen LogP contribution >= 0.6 is 0 Å². The Kier molecular flexibility index (Phi) is 10.5. The van der Waals surface area contributed by atoms with Crippen LogP contribution in [0.2, 0.25) is 0 Å². The highest BCUT2D eigenvalue weighted by Crippen LogP contribution is 2.40. The minimum atomic E-state index is -0.274. The van der Waals surface area contributed by atoms with Crippen molar-refractivity contribution >= 4 is 17.1 Å². The van der Waals surface area contributed by atoms with E-state index in [0.717, 1.165) is 80.6 Å². The summed E-state index contributed by atoms with van der Waals surface area (Å²) in [7, 11) is 0. The molecule has 2 aliphatic heterocycles. The first-order valence-corrected chi connectivity index (χ1v) is 16.9. The second-order valence-electron chi connectivity index (χ2n) is 12.5. The molecule has 0 aromatic heterocycles. The molecule has 1 aliphatic carbocycles. The molecule has 2 heterocycles. The average molecular weight is 633 g/mol. The molecule has 1 atom stereocenters. The number of carbonyl (C=O) groups is 1. The van der Waals surface area contributed by atoms with E-state index in [0.29, 0.717) is 17.8 Å². The lowest BCUT2D eigenvalue weighted by atomic mass is 9.87. The summed E-state index contributed by atoms with van der Waals surface area (Å²) < 4.78 is 19.0. The van der Waals surface area contributed by atoms with Crippen LogP contribution in [0.15, 0.2) is 109 Å². The number of rotatable bonds is 12. The summed E-state index contributed by atoms with van der Waals surface area (Å²) in [6.07, 6.45) is 12.5. The fraction of sp³-hybridized carbons (Fsp3) is 0.325. The summed E-state index contributed by atoms with van der Waals surface area (Å²) in [4.78, 5) is 17.5. The van der Waals surface area contributed by atoms with Crippen molar-refractivity contribution in [2.75, 3.05) is 26.3 Å². The van der Waals surface area contributed by atoms with E-state index in [2.05, 4.69) is 102 Å². The van der Waals surface area contributed by atoms with Crippen LogP contribution in [0.1, 0.15) is 78.1 Å². The van der Waals surface area contributed by atoms with Gasteiger partial charge < -0.3 is 9.64 Å². The van der Waals surface area contributed by atoms with Gasteiger partial charge in [0.2, 0.25) is 0 Å². The number of likely N-dealkylation sites (tertiary alicyclic amines) is 1. The summed E-state index contributed by atoms with van der Waals surface area (Å²) >= 11 is 0. The normalized spacial score (nSPS) is 18.0. The Balaban J connectivity index is 1.22. The number of nitrogens with zero attached hydrogens (tertiary/aromatic N) is 2. The molecule has 0 saturated carbocycles. The number of amides is 1. The molecule has 244 valence electrons. The Morgan fingerprint density at radius 1 is 1.02 bits per heavy atom. The number of hydrogen-bond donors (Lipinski definition) is 2. The Hall–Kier alpha value is -4.62. The number of hydrogen-bond acceptors (Lipinski definition) is 5. The lowest BCUT2D eigenvalue weighted by molar-refractivity contribution is 0.0935. The molecule has 0 radical (unpaired) electrons. The first-order valence-electron chi connectivity index (χ1n) is 16.9. The highest BCUT2D eigenvalue weighted by atomic mass is 19.1. The van der Waals surface area contributed by atoms with E-state index in [1.807, 2.05) is 23.2 Å². The predicted molar refractivity (Wildman–Crippen MR) is 188 cm³/mol. The van der Waals surface area contributed by atoms with Crippen LogP contribution in [0.5, 0.6) is 5.75 Å². The summed E-state index contributed by atoms with van der Waals surface area (Å²) in [6, 6.07) is 25.1. The van der Waals surface area contributed by atoms with Crippen molar-refractivity contribution in [1.29, 1.82) is 0 Å². The van der Waals surface area contributed by atoms with E-state index in [1.54, 1.807) is 0 Å². The molecule has 6 nitrogen and oxygen atoms in total. The third-order valence-corrected chi connectivity index (χ3v) is 9.27. The van der Waals surface area contributed by atoms with Gasteiger partial charge >= 0.3 is 0 Å². The zero-order valence-corrected chi connectivity index (χ0v) is 27.3. The highest BCUT2D eigenvalue weighted by molar-refractivity contribution is 6.01. The summed E-state index contributed by atoms with van der Waals surface area (Å²) in [6.45, 7) is 8.53. The van der Waals surface area contributed by atoms with Gasteiger partial charge in [0.15, 0.2) is 0 Å².